The molecule has 2 amide bonds. The summed E-state index contributed by atoms with van der Waals surface area (Å²) in [6.07, 6.45) is 6.60. The van der Waals surface area contributed by atoms with E-state index >= 15 is 0 Å². The predicted molar refractivity (Wildman–Crippen MR) is 90.4 cm³/mol. The lowest BCUT2D eigenvalue weighted by atomic mass is 10.1. The number of unbranched alkanes of at least 4 members (excludes halogenated alkanes) is 3. The third-order valence-electron chi connectivity index (χ3n) is 4.48. The normalized spacial score (nSPS) is 25.9. The van der Waals surface area contributed by atoms with Crippen LogP contribution in [-0.2, 0) is 9.59 Å². The highest BCUT2D eigenvalue weighted by Crippen LogP contribution is 2.35. The molecule has 2 saturated heterocycles. The molecule has 2 heterocycles. The molecule has 2 fully saturated rings. The maximum atomic E-state index is 12.8. The van der Waals surface area contributed by atoms with E-state index in [1.54, 1.807) is 4.90 Å². The first-order valence-electron chi connectivity index (χ1n) is 8.55. The molecule has 130 valence electrons. The van der Waals surface area contributed by atoms with E-state index in [1.165, 1.54) is 12.8 Å². The molecule has 2 unspecified atom stereocenters. The number of carbonyl (C=O) groups is 2. The monoisotopic (exact) mass is 322 g/mol. The summed E-state index contributed by atoms with van der Waals surface area (Å²) >= 11 is 0. The van der Waals surface area contributed by atoms with Gasteiger partial charge in [0.25, 0.3) is 5.91 Å². The van der Waals surface area contributed by atoms with Crippen molar-refractivity contribution in [2.24, 2.45) is 0 Å². The molecule has 23 heavy (non-hydrogen) atoms. The van der Waals surface area contributed by atoms with Crippen LogP contribution in [0.2, 0.25) is 0 Å². The van der Waals surface area contributed by atoms with E-state index in [9.17, 15) is 9.59 Å². The summed E-state index contributed by atoms with van der Waals surface area (Å²) < 4.78 is 0. The Balaban J connectivity index is 2.15. The van der Waals surface area contributed by atoms with Gasteiger partial charge in [-0.25, -0.2) is 0 Å². The Kier molecular flexibility index (Phi) is 5.68. The molecule has 6 nitrogen and oxygen atoms in total. The van der Waals surface area contributed by atoms with Gasteiger partial charge in [0.2, 0.25) is 5.91 Å². The van der Waals surface area contributed by atoms with Crippen molar-refractivity contribution in [2.75, 3.05) is 34.7 Å². The number of nitrogens with zero attached hydrogens (tertiary/aromatic N) is 4. The number of hydrogen-bond donors (Lipinski definition) is 0. The van der Waals surface area contributed by atoms with Crippen molar-refractivity contribution in [1.29, 1.82) is 0 Å². The largest absolute Gasteiger partial charge is 0.383 e. The molecule has 0 spiro atoms. The smallest absolute Gasteiger partial charge is 0.254 e. The first-order chi connectivity index (χ1) is 10.9. The second kappa shape index (κ2) is 7.34. The minimum atomic E-state index is -0.327. The molecule has 6 heteroatoms. The molecule has 0 aromatic rings. The maximum Gasteiger partial charge on any atom is 0.254 e. The van der Waals surface area contributed by atoms with Gasteiger partial charge in [0, 0.05) is 38.8 Å². The molecule has 0 radical (unpaired) electrons. The molecular weight excluding hydrogens is 292 g/mol. The van der Waals surface area contributed by atoms with E-state index in [0.29, 0.717) is 6.42 Å². The minimum Gasteiger partial charge on any atom is -0.383 e. The lowest BCUT2D eigenvalue weighted by Crippen LogP contribution is -2.51. The average Bonchev–Trinajstić information content (AvgIpc) is 2.92. The molecular formula is C17H30N4O2. The van der Waals surface area contributed by atoms with Crippen LogP contribution < -0.4 is 0 Å². The second-order valence-corrected chi connectivity index (χ2v) is 6.95. The van der Waals surface area contributed by atoms with Crippen molar-refractivity contribution in [2.45, 2.75) is 51.4 Å². The van der Waals surface area contributed by atoms with Gasteiger partial charge < -0.3 is 9.80 Å². The zero-order valence-electron chi connectivity index (χ0n) is 15.1. The molecule has 2 rings (SSSR count). The zero-order valence-corrected chi connectivity index (χ0v) is 15.1. The Morgan fingerprint density at radius 2 is 1.83 bits per heavy atom. The molecule has 0 aromatic carbocycles. The number of rotatable bonds is 7. The van der Waals surface area contributed by atoms with E-state index < -0.39 is 0 Å². The molecule has 2 atom stereocenters. The third-order valence-corrected chi connectivity index (χ3v) is 4.48. The van der Waals surface area contributed by atoms with E-state index in [2.05, 4.69) is 6.92 Å². The van der Waals surface area contributed by atoms with Crippen LogP contribution in [0.5, 0.6) is 0 Å². The summed E-state index contributed by atoms with van der Waals surface area (Å²) in [6.45, 7) is 2.91. The quantitative estimate of drug-likeness (QED) is 0.524. The van der Waals surface area contributed by atoms with E-state index in [-0.39, 0.29) is 24.1 Å². The third kappa shape index (κ3) is 3.52. The van der Waals surface area contributed by atoms with Crippen molar-refractivity contribution < 1.29 is 9.59 Å². The topological polar surface area (TPSA) is 47.1 Å². The minimum absolute atomic E-state index is 0.00759. The van der Waals surface area contributed by atoms with Crippen LogP contribution in [0.25, 0.3) is 0 Å². The maximum absolute atomic E-state index is 12.8. The fraction of sp³-hybridized carbons (Fsp3) is 0.765. The van der Waals surface area contributed by atoms with Gasteiger partial charge in [0.05, 0.1) is 0 Å². The SMILES string of the molecule is CCCCCCN1C(=O)C2C/C(=C\N(C)C)C(=O)N2C1N(C)C. The molecule has 0 bridgehead atoms. The molecule has 0 aromatic heterocycles. The molecule has 0 N–H and O–H groups in total. The van der Waals surface area contributed by atoms with Crippen molar-refractivity contribution >= 4 is 11.8 Å². The fourth-order valence-electron chi connectivity index (χ4n) is 3.51. The van der Waals surface area contributed by atoms with Crippen LogP contribution in [0.15, 0.2) is 11.8 Å². The average molecular weight is 322 g/mol. The Hall–Kier alpha value is -1.56. The van der Waals surface area contributed by atoms with E-state index in [4.69, 9.17) is 0 Å². The van der Waals surface area contributed by atoms with Gasteiger partial charge >= 0.3 is 0 Å². The Morgan fingerprint density at radius 3 is 2.39 bits per heavy atom. The number of amides is 2. The Bertz CT molecular complexity index is 487. The summed E-state index contributed by atoms with van der Waals surface area (Å²) in [6, 6.07) is -0.327. The van der Waals surface area contributed by atoms with Crippen LogP contribution >= 0.6 is 0 Å². The standard InChI is InChI=1S/C17H30N4O2/c1-6-7-8-9-10-20-16(23)14-11-13(12-18(2)3)15(22)21(14)17(20)19(4)5/h12,14,17H,6-11H2,1-5H3/b13-12+. The number of hydrogen-bond acceptors (Lipinski definition) is 4. The summed E-state index contributed by atoms with van der Waals surface area (Å²) in [5.74, 6) is 0.0857. The first-order valence-corrected chi connectivity index (χ1v) is 8.55. The Morgan fingerprint density at radius 1 is 1.13 bits per heavy atom. The van der Waals surface area contributed by atoms with Crippen molar-refractivity contribution in [3.05, 3.63) is 11.8 Å². The first kappa shape index (κ1) is 17.8. The van der Waals surface area contributed by atoms with Crippen LogP contribution in [0.3, 0.4) is 0 Å². The summed E-state index contributed by atoms with van der Waals surface area (Å²) in [5.41, 5.74) is 0.728. The van der Waals surface area contributed by atoms with Gasteiger partial charge in [-0.2, -0.15) is 0 Å². The van der Waals surface area contributed by atoms with Crippen molar-refractivity contribution in [3.63, 3.8) is 0 Å². The van der Waals surface area contributed by atoms with Crippen LogP contribution in [-0.4, -0.2) is 78.5 Å². The van der Waals surface area contributed by atoms with Crippen LogP contribution in [0.1, 0.15) is 39.0 Å². The van der Waals surface area contributed by atoms with Crippen LogP contribution in [0.4, 0.5) is 0 Å². The number of carbonyl (C=O) groups excluding carboxylic acids is 2. The van der Waals surface area contributed by atoms with Gasteiger partial charge in [-0.3, -0.25) is 19.4 Å². The second-order valence-electron chi connectivity index (χ2n) is 6.95. The molecule has 2 aliphatic rings. The highest BCUT2D eigenvalue weighted by atomic mass is 16.2. The van der Waals surface area contributed by atoms with E-state index in [0.717, 1.165) is 25.0 Å². The molecule has 0 saturated carbocycles. The summed E-state index contributed by atoms with van der Waals surface area (Å²) in [4.78, 5) is 33.0. The summed E-state index contributed by atoms with van der Waals surface area (Å²) in [5, 5.41) is 0. The van der Waals surface area contributed by atoms with Gasteiger partial charge in [-0.15, -0.1) is 0 Å². The van der Waals surface area contributed by atoms with Gasteiger partial charge in [0.15, 0.2) is 6.29 Å². The van der Waals surface area contributed by atoms with Crippen molar-refractivity contribution in [3.8, 4) is 0 Å². The number of fused-ring (bicyclic) bond motifs is 1. The van der Waals surface area contributed by atoms with Gasteiger partial charge in [-0.05, 0) is 20.5 Å². The fourth-order valence-corrected chi connectivity index (χ4v) is 3.51. The van der Waals surface area contributed by atoms with E-state index in [1.807, 2.05) is 49.1 Å². The summed E-state index contributed by atoms with van der Waals surface area (Å²) in [7, 11) is 7.66. The predicted octanol–water partition coefficient (Wildman–Crippen LogP) is 1.30. The molecule has 2 aliphatic heterocycles. The lowest BCUT2D eigenvalue weighted by molar-refractivity contribution is -0.134. The van der Waals surface area contributed by atoms with Crippen LogP contribution in [0, 0.1) is 0 Å². The highest BCUT2D eigenvalue weighted by Gasteiger charge is 2.54. The lowest BCUT2D eigenvalue weighted by Gasteiger charge is -2.34. The van der Waals surface area contributed by atoms with Crippen molar-refractivity contribution in [1.82, 2.24) is 19.6 Å². The van der Waals surface area contributed by atoms with Gasteiger partial charge in [-0.1, -0.05) is 26.2 Å². The highest BCUT2D eigenvalue weighted by molar-refractivity contribution is 6.03. The zero-order chi connectivity index (χ0) is 17.1. The van der Waals surface area contributed by atoms with Gasteiger partial charge in [0.1, 0.15) is 6.04 Å². The molecule has 0 aliphatic carbocycles. The Labute approximate surface area is 139 Å².